The van der Waals surface area contributed by atoms with E-state index in [2.05, 4.69) is 4.98 Å². The summed E-state index contributed by atoms with van der Waals surface area (Å²) in [7, 11) is 0. The van der Waals surface area contributed by atoms with Crippen LogP contribution in [0.1, 0.15) is 24.2 Å². The van der Waals surface area contributed by atoms with Crippen molar-refractivity contribution in [1.82, 2.24) is 9.55 Å². The van der Waals surface area contributed by atoms with Gasteiger partial charge in [-0.05, 0) is 26.0 Å². The molecule has 0 saturated carbocycles. The molecule has 0 fully saturated rings. The van der Waals surface area contributed by atoms with Crippen molar-refractivity contribution in [3.63, 3.8) is 0 Å². The second-order valence-corrected chi connectivity index (χ2v) is 3.86. The van der Waals surface area contributed by atoms with Gasteiger partial charge < -0.3 is 10.3 Å². The average Bonchev–Trinajstić information content (AvgIpc) is 2.70. The standard InChI is InChI=1S/C12H14FN3/c1-8-10(13)4-3-5-11(8)16-7-15-6-12(16)9(2)14/h3-7,9H,14H2,1-2H3/t9-/m1/s1. The molecule has 16 heavy (non-hydrogen) atoms. The number of imidazole rings is 1. The predicted molar refractivity (Wildman–Crippen MR) is 60.9 cm³/mol. The number of benzene rings is 1. The van der Waals surface area contributed by atoms with Crippen LogP contribution in [0, 0.1) is 12.7 Å². The molecule has 1 aromatic carbocycles. The summed E-state index contributed by atoms with van der Waals surface area (Å²) in [6, 6.07) is 4.85. The van der Waals surface area contributed by atoms with Crippen LogP contribution in [0.15, 0.2) is 30.7 Å². The van der Waals surface area contributed by atoms with Gasteiger partial charge in [0.05, 0.1) is 23.9 Å². The summed E-state index contributed by atoms with van der Waals surface area (Å²) in [5.74, 6) is -0.221. The highest BCUT2D eigenvalue weighted by Gasteiger charge is 2.11. The molecule has 0 spiro atoms. The monoisotopic (exact) mass is 219 g/mol. The summed E-state index contributed by atoms with van der Waals surface area (Å²) in [4.78, 5) is 4.05. The predicted octanol–water partition coefficient (Wildman–Crippen LogP) is 2.34. The van der Waals surface area contributed by atoms with E-state index in [0.29, 0.717) is 5.56 Å². The highest BCUT2D eigenvalue weighted by Crippen LogP contribution is 2.20. The molecule has 0 amide bonds. The minimum absolute atomic E-state index is 0.134. The Kier molecular flexibility index (Phi) is 2.75. The van der Waals surface area contributed by atoms with Crippen molar-refractivity contribution >= 4 is 0 Å². The number of hydrogen-bond donors (Lipinski definition) is 1. The molecule has 1 aromatic heterocycles. The SMILES string of the molecule is Cc1c(F)cccc1-n1cncc1[C@@H](C)N. The third-order valence-corrected chi connectivity index (χ3v) is 2.63. The summed E-state index contributed by atoms with van der Waals surface area (Å²) in [5, 5.41) is 0. The largest absolute Gasteiger partial charge is 0.323 e. The Balaban J connectivity index is 2.59. The first-order valence-corrected chi connectivity index (χ1v) is 5.14. The maximum Gasteiger partial charge on any atom is 0.128 e. The van der Waals surface area contributed by atoms with Gasteiger partial charge in [-0.25, -0.2) is 9.37 Å². The summed E-state index contributed by atoms with van der Waals surface area (Å²) in [5.41, 5.74) is 8.08. The fourth-order valence-corrected chi connectivity index (χ4v) is 1.70. The van der Waals surface area contributed by atoms with Gasteiger partial charge in [0.2, 0.25) is 0 Å². The molecule has 1 heterocycles. The lowest BCUT2D eigenvalue weighted by atomic mass is 10.1. The van der Waals surface area contributed by atoms with Crippen LogP contribution in [0.5, 0.6) is 0 Å². The number of rotatable bonds is 2. The van der Waals surface area contributed by atoms with Crippen molar-refractivity contribution in [1.29, 1.82) is 0 Å². The first kappa shape index (κ1) is 10.8. The van der Waals surface area contributed by atoms with Gasteiger partial charge >= 0.3 is 0 Å². The Hall–Kier alpha value is -1.68. The number of aromatic nitrogens is 2. The van der Waals surface area contributed by atoms with Gasteiger partial charge in [-0.1, -0.05) is 6.07 Å². The number of hydrogen-bond acceptors (Lipinski definition) is 2. The Labute approximate surface area is 93.7 Å². The minimum Gasteiger partial charge on any atom is -0.323 e. The smallest absolute Gasteiger partial charge is 0.128 e. The van der Waals surface area contributed by atoms with Crippen molar-refractivity contribution < 1.29 is 4.39 Å². The fraction of sp³-hybridized carbons (Fsp3) is 0.250. The third kappa shape index (κ3) is 1.72. The second-order valence-electron chi connectivity index (χ2n) is 3.86. The van der Waals surface area contributed by atoms with Crippen LogP contribution in [0.2, 0.25) is 0 Å². The lowest BCUT2D eigenvalue weighted by Gasteiger charge is -2.13. The Bertz CT molecular complexity index is 503. The normalized spacial score (nSPS) is 12.8. The lowest BCUT2D eigenvalue weighted by Crippen LogP contribution is -2.11. The molecule has 2 rings (SSSR count). The van der Waals surface area contributed by atoms with E-state index in [4.69, 9.17) is 5.73 Å². The average molecular weight is 219 g/mol. The molecular formula is C12H14FN3. The van der Waals surface area contributed by atoms with E-state index in [1.54, 1.807) is 25.5 Å². The van der Waals surface area contributed by atoms with Crippen LogP contribution in [-0.2, 0) is 0 Å². The molecule has 84 valence electrons. The first-order chi connectivity index (χ1) is 7.61. The molecule has 0 aliphatic heterocycles. The lowest BCUT2D eigenvalue weighted by molar-refractivity contribution is 0.615. The number of nitrogens with two attached hydrogens (primary N) is 1. The Morgan fingerprint density at radius 2 is 2.19 bits per heavy atom. The summed E-state index contributed by atoms with van der Waals surface area (Å²) >= 11 is 0. The quantitative estimate of drug-likeness (QED) is 0.842. The van der Waals surface area contributed by atoms with Crippen LogP contribution in [0.25, 0.3) is 5.69 Å². The molecule has 0 aliphatic carbocycles. The van der Waals surface area contributed by atoms with E-state index in [-0.39, 0.29) is 11.9 Å². The Morgan fingerprint density at radius 3 is 2.88 bits per heavy atom. The molecule has 0 unspecified atom stereocenters. The number of halogens is 1. The van der Waals surface area contributed by atoms with Gasteiger partial charge in [-0.2, -0.15) is 0 Å². The molecule has 0 radical (unpaired) electrons. The van der Waals surface area contributed by atoms with E-state index in [0.717, 1.165) is 11.4 Å². The van der Waals surface area contributed by atoms with Crippen LogP contribution in [0.3, 0.4) is 0 Å². The van der Waals surface area contributed by atoms with E-state index < -0.39 is 0 Å². The van der Waals surface area contributed by atoms with E-state index >= 15 is 0 Å². The molecule has 2 aromatic rings. The molecule has 0 saturated heterocycles. The van der Waals surface area contributed by atoms with Gasteiger partial charge in [-0.15, -0.1) is 0 Å². The molecule has 3 nitrogen and oxygen atoms in total. The molecule has 2 N–H and O–H groups in total. The van der Waals surface area contributed by atoms with Crippen molar-refractivity contribution in [3.8, 4) is 5.69 Å². The zero-order chi connectivity index (χ0) is 11.7. The van der Waals surface area contributed by atoms with E-state index in [9.17, 15) is 4.39 Å². The van der Waals surface area contributed by atoms with Crippen molar-refractivity contribution in [3.05, 3.63) is 47.8 Å². The van der Waals surface area contributed by atoms with Gasteiger partial charge in [0.1, 0.15) is 5.82 Å². The zero-order valence-corrected chi connectivity index (χ0v) is 9.31. The summed E-state index contributed by atoms with van der Waals surface area (Å²) in [6.45, 7) is 3.62. The van der Waals surface area contributed by atoms with E-state index in [1.165, 1.54) is 6.07 Å². The molecule has 0 aliphatic rings. The molecule has 1 atom stereocenters. The van der Waals surface area contributed by atoms with Crippen LogP contribution in [-0.4, -0.2) is 9.55 Å². The molecule has 0 bridgehead atoms. The maximum absolute atomic E-state index is 13.4. The first-order valence-electron chi connectivity index (χ1n) is 5.14. The topological polar surface area (TPSA) is 43.8 Å². The highest BCUT2D eigenvalue weighted by atomic mass is 19.1. The van der Waals surface area contributed by atoms with Gasteiger partial charge in [0, 0.05) is 11.6 Å². The van der Waals surface area contributed by atoms with Crippen LogP contribution < -0.4 is 5.73 Å². The van der Waals surface area contributed by atoms with Crippen molar-refractivity contribution in [2.75, 3.05) is 0 Å². The second kappa shape index (κ2) is 4.06. The van der Waals surface area contributed by atoms with E-state index in [1.807, 2.05) is 17.6 Å². The van der Waals surface area contributed by atoms with Gasteiger partial charge in [0.25, 0.3) is 0 Å². The van der Waals surface area contributed by atoms with Gasteiger partial charge in [-0.3, -0.25) is 0 Å². The third-order valence-electron chi connectivity index (χ3n) is 2.63. The molecule has 4 heteroatoms. The van der Waals surface area contributed by atoms with Crippen LogP contribution in [0.4, 0.5) is 4.39 Å². The fourth-order valence-electron chi connectivity index (χ4n) is 1.70. The molecular weight excluding hydrogens is 205 g/mol. The Morgan fingerprint density at radius 1 is 1.44 bits per heavy atom. The van der Waals surface area contributed by atoms with Crippen molar-refractivity contribution in [2.24, 2.45) is 5.73 Å². The van der Waals surface area contributed by atoms with Crippen LogP contribution >= 0.6 is 0 Å². The van der Waals surface area contributed by atoms with Gasteiger partial charge in [0.15, 0.2) is 0 Å². The maximum atomic E-state index is 13.4. The minimum atomic E-state index is -0.221. The highest BCUT2D eigenvalue weighted by molar-refractivity contribution is 5.42. The summed E-state index contributed by atoms with van der Waals surface area (Å²) in [6.07, 6.45) is 3.36. The number of nitrogens with zero attached hydrogens (tertiary/aromatic N) is 2. The summed E-state index contributed by atoms with van der Waals surface area (Å²) < 4.78 is 15.3. The zero-order valence-electron chi connectivity index (χ0n) is 9.31. The van der Waals surface area contributed by atoms with Crippen molar-refractivity contribution in [2.45, 2.75) is 19.9 Å².